The Kier molecular flexibility index (Phi) is 5.35. The van der Waals surface area contributed by atoms with Crippen molar-refractivity contribution in [3.63, 3.8) is 0 Å². The van der Waals surface area contributed by atoms with Gasteiger partial charge in [0.05, 0.1) is 4.92 Å². The summed E-state index contributed by atoms with van der Waals surface area (Å²) in [7, 11) is 0. The third-order valence-corrected chi connectivity index (χ3v) is 2.83. The smallest absolute Gasteiger partial charge is 0.293 e. The predicted molar refractivity (Wildman–Crippen MR) is 61.3 cm³/mol. The van der Waals surface area contributed by atoms with Gasteiger partial charge in [-0.25, -0.2) is 0 Å². The van der Waals surface area contributed by atoms with E-state index in [0.717, 1.165) is 0 Å². The number of nitro groups is 1. The third-order valence-electron chi connectivity index (χ3n) is 1.86. The minimum Gasteiger partial charge on any atom is -0.467 e. The van der Waals surface area contributed by atoms with Crippen molar-refractivity contribution in [2.45, 2.75) is 5.75 Å². The van der Waals surface area contributed by atoms with E-state index in [9.17, 15) is 14.9 Å². The van der Waals surface area contributed by atoms with Crippen LogP contribution in [0.5, 0.6) is 0 Å². The van der Waals surface area contributed by atoms with Crippen LogP contribution in [0.1, 0.15) is 5.56 Å². The topological polar surface area (TPSA) is 69.4 Å². The van der Waals surface area contributed by atoms with Gasteiger partial charge in [-0.15, -0.1) is 0 Å². The summed E-state index contributed by atoms with van der Waals surface area (Å²) in [6.45, 7) is 0.723. The number of carbonyl (C=O) groups is 1. The molecule has 0 spiro atoms. The van der Waals surface area contributed by atoms with Crippen molar-refractivity contribution in [3.05, 3.63) is 39.9 Å². The molecule has 0 bridgehead atoms. The molecule has 0 aliphatic carbocycles. The number of hydrogen-bond acceptors (Lipinski definition) is 5. The van der Waals surface area contributed by atoms with Crippen molar-refractivity contribution in [2.24, 2.45) is 0 Å². The normalized spacial score (nSPS) is 9.75. The number of rotatable bonds is 7. The Morgan fingerprint density at radius 3 is 2.88 bits per heavy atom. The van der Waals surface area contributed by atoms with Crippen LogP contribution in [0.15, 0.2) is 24.3 Å². The van der Waals surface area contributed by atoms with E-state index in [1.807, 2.05) is 0 Å². The highest BCUT2D eigenvalue weighted by Gasteiger charge is 2.11. The van der Waals surface area contributed by atoms with Crippen LogP contribution in [-0.2, 0) is 15.3 Å². The average molecular weight is 241 g/mol. The first-order valence-corrected chi connectivity index (χ1v) is 5.76. The highest BCUT2D eigenvalue weighted by atomic mass is 32.2. The van der Waals surface area contributed by atoms with E-state index < -0.39 is 4.92 Å². The van der Waals surface area contributed by atoms with Crippen LogP contribution in [0, 0.1) is 10.1 Å². The van der Waals surface area contributed by atoms with Crippen LogP contribution in [0.3, 0.4) is 0 Å². The van der Waals surface area contributed by atoms with Gasteiger partial charge in [-0.1, -0.05) is 18.2 Å². The molecule has 0 saturated carbocycles. The van der Waals surface area contributed by atoms with Gasteiger partial charge in [0.2, 0.25) is 0 Å². The maximum absolute atomic E-state index is 10.7. The molecule has 5 nitrogen and oxygen atoms in total. The number of nitrogens with zero attached hydrogens (tertiary/aromatic N) is 1. The molecule has 0 aliphatic rings. The van der Waals surface area contributed by atoms with Gasteiger partial charge >= 0.3 is 0 Å². The zero-order chi connectivity index (χ0) is 11.8. The molecule has 1 rings (SSSR count). The molecule has 0 fully saturated rings. The third kappa shape index (κ3) is 3.90. The molecule has 0 radical (unpaired) electrons. The van der Waals surface area contributed by atoms with E-state index in [2.05, 4.69) is 4.74 Å². The van der Waals surface area contributed by atoms with Gasteiger partial charge in [0, 0.05) is 23.1 Å². The number of benzene rings is 1. The minimum absolute atomic E-state index is 0.131. The van der Waals surface area contributed by atoms with E-state index in [1.54, 1.807) is 18.2 Å². The van der Waals surface area contributed by atoms with Gasteiger partial charge in [-0.3, -0.25) is 14.9 Å². The maximum atomic E-state index is 10.7. The Morgan fingerprint density at radius 1 is 1.44 bits per heavy atom. The second-order valence-corrected chi connectivity index (χ2v) is 4.01. The molecular formula is C10H11NO4S. The van der Waals surface area contributed by atoms with Gasteiger partial charge in [-0.2, -0.15) is 11.8 Å². The van der Waals surface area contributed by atoms with E-state index in [4.69, 9.17) is 0 Å². The quantitative estimate of drug-likeness (QED) is 0.316. The molecule has 0 aromatic heterocycles. The first kappa shape index (κ1) is 12.5. The summed E-state index contributed by atoms with van der Waals surface area (Å²) in [6, 6.07) is 6.62. The molecule has 0 unspecified atom stereocenters. The fraction of sp³-hybridized carbons (Fsp3) is 0.300. The summed E-state index contributed by atoms with van der Waals surface area (Å²) in [5, 5.41) is 10.7. The molecule has 0 N–H and O–H groups in total. The number of nitro benzene ring substituents is 1. The highest BCUT2D eigenvalue weighted by Crippen LogP contribution is 2.22. The number of carbonyl (C=O) groups excluding carboxylic acids is 1. The molecule has 86 valence electrons. The second-order valence-electron chi connectivity index (χ2n) is 2.91. The molecule has 1 aromatic carbocycles. The summed E-state index contributed by atoms with van der Waals surface area (Å²) in [5.41, 5.74) is 0.815. The highest BCUT2D eigenvalue weighted by molar-refractivity contribution is 7.98. The molecule has 16 heavy (non-hydrogen) atoms. The summed E-state index contributed by atoms with van der Waals surface area (Å²) >= 11 is 1.49. The molecule has 0 heterocycles. The Morgan fingerprint density at radius 2 is 2.19 bits per heavy atom. The van der Waals surface area contributed by atoms with Crippen molar-refractivity contribution in [3.8, 4) is 0 Å². The van der Waals surface area contributed by atoms with Crippen molar-refractivity contribution in [1.29, 1.82) is 0 Å². The predicted octanol–water partition coefficient (Wildman–Crippen LogP) is 2.00. The first-order valence-electron chi connectivity index (χ1n) is 4.61. The molecule has 0 atom stereocenters. The second kappa shape index (κ2) is 6.84. The van der Waals surface area contributed by atoms with Gasteiger partial charge in [-0.05, 0) is 0 Å². The summed E-state index contributed by atoms with van der Waals surface area (Å²) in [5.74, 6) is 1.17. The molecule has 0 saturated heterocycles. The standard InChI is InChI=1S/C10H11NO4S/c12-8-15-5-6-16-7-9-3-1-2-4-10(9)11(13)14/h1-4,8H,5-7H2. The lowest BCUT2D eigenvalue weighted by Gasteiger charge is -2.02. The van der Waals surface area contributed by atoms with Gasteiger partial charge < -0.3 is 4.74 Å². The molecule has 1 aromatic rings. The van der Waals surface area contributed by atoms with Crippen LogP contribution in [-0.4, -0.2) is 23.8 Å². The lowest BCUT2D eigenvalue weighted by atomic mass is 10.2. The van der Waals surface area contributed by atoms with Crippen molar-refractivity contribution < 1.29 is 14.5 Å². The van der Waals surface area contributed by atoms with E-state index in [-0.39, 0.29) is 5.69 Å². The monoisotopic (exact) mass is 241 g/mol. The van der Waals surface area contributed by atoms with E-state index in [0.29, 0.717) is 30.1 Å². The number of thioether (sulfide) groups is 1. The lowest BCUT2D eigenvalue weighted by molar-refractivity contribution is -0.385. The SMILES string of the molecule is O=COCCSCc1ccccc1[N+](=O)[O-]. The van der Waals surface area contributed by atoms with Crippen LogP contribution in [0.2, 0.25) is 0 Å². The van der Waals surface area contributed by atoms with Crippen molar-refractivity contribution in [1.82, 2.24) is 0 Å². The molecular weight excluding hydrogens is 230 g/mol. The van der Waals surface area contributed by atoms with Crippen molar-refractivity contribution >= 4 is 23.9 Å². The van der Waals surface area contributed by atoms with Crippen LogP contribution >= 0.6 is 11.8 Å². The fourth-order valence-electron chi connectivity index (χ4n) is 1.15. The fourth-order valence-corrected chi connectivity index (χ4v) is 1.97. The van der Waals surface area contributed by atoms with E-state index >= 15 is 0 Å². The molecule has 0 amide bonds. The largest absolute Gasteiger partial charge is 0.467 e. The van der Waals surface area contributed by atoms with E-state index in [1.165, 1.54) is 17.8 Å². The maximum Gasteiger partial charge on any atom is 0.293 e. The van der Waals surface area contributed by atoms with Crippen LogP contribution in [0.25, 0.3) is 0 Å². The van der Waals surface area contributed by atoms with Gasteiger partial charge in [0.15, 0.2) is 0 Å². The number of para-hydroxylation sites is 1. The Hall–Kier alpha value is -1.56. The van der Waals surface area contributed by atoms with Gasteiger partial charge in [0.1, 0.15) is 6.61 Å². The molecule has 6 heteroatoms. The zero-order valence-corrected chi connectivity index (χ0v) is 9.31. The zero-order valence-electron chi connectivity index (χ0n) is 8.50. The van der Waals surface area contributed by atoms with Crippen molar-refractivity contribution in [2.75, 3.05) is 12.4 Å². The first-order chi connectivity index (χ1) is 7.75. The van der Waals surface area contributed by atoms with Crippen LogP contribution < -0.4 is 0 Å². The summed E-state index contributed by atoms with van der Waals surface area (Å²) < 4.78 is 4.51. The number of hydrogen-bond donors (Lipinski definition) is 0. The molecule has 0 aliphatic heterocycles. The average Bonchev–Trinajstić information content (AvgIpc) is 2.29. The Bertz CT molecular complexity index is 370. The lowest BCUT2D eigenvalue weighted by Crippen LogP contribution is -1.97. The Balaban J connectivity index is 2.47. The number of ether oxygens (including phenoxy) is 1. The minimum atomic E-state index is -0.391. The van der Waals surface area contributed by atoms with Crippen LogP contribution in [0.4, 0.5) is 5.69 Å². The summed E-state index contributed by atoms with van der Waals surface area (Å²) in [6.07, 6.45) is 0. The Labute approximate surface area is 96.9 Å². The van der Waals surface area contributed by atoms with Gasteiger partial charge in [0.25, 0.3) is 12.2 Å². The summed E-state index contributed by atoms with van der Waals surface area (Å²) in [4.78, 5) is 20.2.